The molecule has 0 amide bonds. The zero-order chi connectivity index (χ0) is 17.4. The second kappa shape index (κ2) is 9.72. The number of aliphatic hydroxyl groups excluding tert-OH is 1. The summed E-state index contributed by atoms with van der Waals surface area (Å²) in [6.45, 7) is 5.73. The fourth-order valence-corrected chi connectivity index (χ4v) is 2.98. The second-order valence-electron chi connectivity index (χ2n) is 5.68. The van der Waals surface area contributed by atoms with Crippen molar-refractivity contribution in [2.45, 2.75) is 59.3 Å². The van der Waals surface area contributed by atoms with Crippen molar-refractivity contribution in [2.75, 3.05) is 0 Å². The minimum absolute atomic E-state index is 0.0474. The second-order valence-corrected chi connectivity index (χ2v) is 6.47. The fourth-order valence-electron chi connectivity index (χ4n) is 2.53. The van der Waals surface area contributed by atoms with E-state index >= 15 is 0 Å². The summed E-state index contributed by atoms with van der Waals surface area (Å²) in [5.74, 6) is 0.565. The molecule has 1 rings (SSSR count). The number of aliphatic hydroxyl groups is 1. The summed E-state index contributed by atoms with van der Waals surface area (Å²) in [4.78, 5) is 21.5. The fraction of sp³-hybridized carbons (Fsp3) is 0.625. The van der Waals surface area contributed by atoms with Gasteiger partial charge in [0.1, 0.15) is 11.6 Å². The number of allylic oxidation sites excluding steroid dienone is 2. The van der Waals surface area contributed by atoms with Gasteiger partial charge in [-0.05, 0) is 43.7 Å². The number of nitrogens with one attached hydrogen (secondary N) is 2. The number of H-pyrrole nitrogens is 2. The van der Waals surface area contributed by atoms with E-state index in [4.69, 9.17) is 24.4 Å². The zero-order valence-corrected chi connectivity index (χ0v) is 15.6. The van der Waals surface area contributed by atoms with Gasteiger partial charge in [0.15, 0.2) is 10.6 Å². The van der Waals surface area contributed by atoms with Crippen molar-refractivity contribution in [3.8, 4) is 0 Å². The van der Waals surface area contributed by atoms with E-state index in [1.165, 1.54) is 19.8 Å². The molecule has 0 aliphatic rings. The molecule has 5 nitrogen and oxygen atoms in total. The maximum Gasteiger partial charge on any atom is 0.201 e. The number of aromatic amines is 2. The predicted molar refractivity (Wildman–Crippen MR) is 97.4 cm³/mol. The Morgan fingerprint density at radius 3 is 2.48 bits per heavy atom. The number of Topliss-reactive ketones (excluding diaryl/α,β-unsaturated/α-hetero) is 1. The molecular weight excluding hydrogens is 330 g/mol. The molecule has 1 atom stereocenters. The highest BCUT2D eigenvalue weighted by molar-refractivity contribution is 7.71. The Morgan fingerprint density at radius 1 is 1.26 bits per heavy atom. The van der Waals surface area contributed by atoms with Crippen molar-refractivity contribution >= 4 is 35.8 Å². The van der Waals surface area contributed by atoms with Crippen molar-refractivity contribution in [1.29, 1.82) is 0 Å². The number of ketones is 1. The maximum absolute atomic E-state index is 11.9. The van der Waals surface area contributed by atoms with Gasteiger partial charge in [-0.15, -0.1) is 0 Å². The molecule has 1 heterocycles. The van der Waals surface area contributed by atoms with Crippen molar-refractivity contribution in [3.63, 3.8) is 0 Å². The van der Waals surface area contributed by atoms with Gasteiger partial charge in [-0.1, -0.05) is 39.5 Å². The Balaban J connectivity index is 3.02. The summed E-state index contributed by atoms with van der Waals surface area (Å²) >= 11 is 10.0. The van der Waals surface area contributed by atoms with Gasteiger partial charge in [-0.3, -0.25) is 4.79 Å². The number of aromatic nitrogens is 3. The lowest BCUT2D eigenvalue weighted by Crippen LogP contribution is -2.08. The molecule has 1 aromatic rings. The average Bonchev–Trinajstić information content (AvgIpc) is 2.46. The van der Waals surface area contributed by atoms with Gasteiger partial charge >= 0.3 is 0 Å². The Morgan fingerprint density at radius 2 is 1.96 bits per heavy atom. The number of carbonyl (C=O) groups excluding carboxylic acids is 1. The average molecular weight is 356 g/mol. The quantitative estimate of drug-likeness (QED) is 0.328. The Labute approximate surface area is 147 Å². The van der Waals surface area contributed by atoms with Crippen molar-refractivity contribution in [3.05, 3.63) is 21.1 Å². The zero-order valence-electron chi connectivity index (χ0n) is 13.9. The summed E-state index contributed by atoms with van der Waals surface area (Å²) in [6.07, 6.45) is 5.86. The van der Waals surface area contributed by atoms with Crippen LogP contribution in [-0.4, -0.2) is 25.8 Å². The molecule has 0 saturated heterocycles. The van der Waals surface area contributed by atoms with Crippen LogP contribution >= 0.6 is 24.4 Å². The molecule has 0 aliphatic heterocycles. The number of hydrogen-bond donors (Lipinski definition) is 3. The first kappa shape index (κ1) is 19.7. The van der Waals surface area contributed by atoms with Crippen LogP contribution in [0.2, 0.25) is 0 Å². The highest BCUT2D eigenvalue weighted by Gasteiger charge is 2.17. The van der Waals surface area contributed by atoms with Crippen LogP contribution in [0, 0.1) is 15.5 Å². The van der Waals surface area contributed by atoms with Gasteiger partial charge in [0, 0.05) is 6.42 Å². The number of hydrogen-bond acceptors (Lipinski definition) is 5. The van der Waals surface area contributed by atoms with Crippen LogP contribution in [0.15, 0.2) is 5.76 Å². The van der Waals surface area contributed by atoms with Crippen molar-refractivity contribution in [1.82, 2.24) is 15.0 Å². The predicted octanol–water partition coefficient (Wildman–Crippen LogP) is 5.05. The SMILES string of the molecule is CCCCC(CC)CCC(O)=C(C(C)=O)c1nc(=S)[nH]c(=S)[nH]1. The Kier molecular flexibility index (Phi) is 8.33. The van der Waals surface area contributed by atoms with Crippen LogP contribution < -0.4 is 0 Å². The highest BCUT2D eigenvalue weighted by atomic mass is 32.1. The van der Waals surface area contributed by atoms with Gasteiger partial charge in [-0.2, -0.15) is 0 Å². The number of unbranched alkanes of at least 4 members (excludes halogenated alkanes) is 1. The highest BCUT2D eigenvalue weighted by Crippen LogP contribution is 2.24. The topological polar surface area (TPSA) is 81.8 Å². The van der Waals surface area contributed by atoms with Crippen LogP contribution in [0.1, 0.15) is 65.1 Å². The Bertz CT molecular complexity index is 648. The van der Waals surface area contributed by atoms with Crippen LogP contribution in [0.4, 0.5) is 0 Å². The standard InChI is InChI=1S/C16H25N3O2S2/c1-4-6-7-11(5-2)8-9-12(21)13(10(3)20)14-17-15(22)19-16(23)18-14/h11,21H,4-9H2,1-3H3,(H2,17,18,19,22,23). The minimum atomic E-state index is -0.261. The third-order valence-corrected chi connectivity index (χ3v) is 4.27. The van der Waals surface area contributed by atoms with Crippen LogP contribution in [0.3, 0.4) is 0 Å². The molecule has 0 spiro atoms. The summed E-state index contributed by atoms with van der Waals surface area (Å²) in [5.41, 5.74) is 0.168. The van der Waals surface area contributed by atoms with E-state index in [0.717, 1.165) is 19.3 Å². The van der Waals surface area contributed by atoms with Gasteiger partial charge in [0.05, 0.1) is 5.57 Å². The molecule has 1 unspecified atom stereocenters. The van der Waals surface area contributed by atoms with Gasteiger partial charge < -0.3 is 15.1 Å². The van der Waals surface area contributed by atoms with Gasteiger partial charge in [0.25, 0.3) is 0 Å². The van der Waals surface area contributed by atoms with E-state index in [0.29, 0.717) is 12.3 Å². The summed E-state index contributed by atoms with van der Waals surface area (Å²) in [7, 11) is 0. The molecule has 0 bridgehead atoms. The molecule has 23 heavy (non-hydrogen) atoms. The third-order valence-electron chi connectivity index (χ3n) is 3.88. The third kappa shape index (κ3) is 6.35. The molecular formula is C16H25N3O2S2. The minimum Gasteiger partial charge on any atom is -0.511 e. The largest absolute Gasteiger partial charge is 0.511 e. The van der Waals surface area contributed by atoms with Crippen LogP contribution in [-0.2, 0) is 4.79 Å². The molecule has 128 valence electrons. The first-order valence-electron chi connectivity index (χ1n) is 8.03. The number of carbonyl (C=O) groups is 1. The molecule has 0 aliphatic carbocycles. The summed E-state index contributed by atoms with van der Waals surface area (Å²) in [5, 5.41) is 10.4. The number of rotatable bonds is 9. The van der Waals surface area contributed by atoms with Crippen LogP contribution in [0.5, 0.6) is 0 Å². The molecule has 0 saturated carbocycles. The molecule has 0 aromatic carbocycles. The van der Waals surface area contributed by atoms with Gasteiger partial charge in [0.2, 0.25) is 4.77 Å². The smallest absolute Gasteiger partial charge is 0.201 e. The normalized spacial score (nSPS) is 13.5. The van der Waals surface area contributed by atoms with Gasteiger partial charge in [-0.25, -0.2) is 4.98 Å². The van der Waals surface area contributed by atoms with Crippen LogP contribution in [0.25, 0.3) is 5.57 Å². The van der Waals surface area contributed by atoms with E-state index in [2.05, 4.69) is 28.8 Å². The first-order chi connectivity index (χ1) is 10.9. The molecule has 1 aromatic heterocycles. The lowest BCUT2D eigenvalue weighted by molar-refractivity contribution is -0.112. The lowest BCUT2D eigenvalue weighted by Gasteiger charge is -2.15. The van der Waals surface area contributed by atoms with E-state index in [9.17, 15) is 9.90 Å². The monoisotopic (exact) mass is 355 g/mol. The first-order valence-corrected chi connectivity index (χ1v) is 8.84. The van der Waals surface area contributed by atoms with E-state index < -0.39 is 0 Å². The van der Waals surface area contributed by atoms with Crippen molar-refractivity contribution < 1.29 is 9.90 Å². The molecule has 7 heteroatoms. The Hall–Kier alpha value is -1.34. The van der Waals surface area contributed by atoms with E-state index in [1.807, 2.05) is 0 Å². The van der Waals surface area contributed by atoms with E-state index in [-0.39, 0.29) is 32.5 Å². The summed E-state index contributed by atoms with van der Waals surface area (Å²) < 4.78 is 0.464. The molecule has 3 N–H and O–H groups in total. The lowest BCUT2D eigenvalue weighted by atomic mass is 9.93. The van der Waals surface area contributed by atoms with E-state index in [1.54, 1.807) is 0 Å². The number of nitrogens with zero attached hydrogens (tertiary/aromatic N) is 1. The molecule has 0 fully saturated rings. The molecule has 0 radical (unpaired) electrons. The maximum atomic E-state index is 11.9. The van der Waals surface area contributed by atoms with Crippen molar-refractivity contribution in [2.24, 2.45) is 5.92 Å². The summed E-state index contributed by atoms with van der Waals surface area (Å²) in [6, 6.07) is 0.